The summed E-state index contributed by atoms with van der Waals surface area (Å²) >= 11 is 1.37. The molecule has 1 heterocycles. The van der Waals surface area contributed by atoms with E-state index in [2.05, 4.69) is 30.9 Å². The second-order valence-corrected chi connectivity index (χ2v) is 11.3. The lowest BCUT2D eigenvalue weighted by molar-refractivity contribution is -0.120. The summed E-state index contributed by atoms with van der Waals surface area (Å²) in [6.45, 7) is 6.51. The number of hydrogen-bond acceptors (Lipinski definition) is 9. The van der Waals surface area contributed by atoms with E-state index >= 15 is 0 Å². The fourth-order valence-electron chi connectivity index (χ4n) is 4.00. The average molecular weight is 636 g/mol. The molecule has 2 aromatic carbocycles. The molecule has 7 N–H and O–H groups in total. The Morgan fingerprint density at radius 1 is 1.00 bits per heavy atom. The molecule has 0 radical (unpaired) electrons. The fraction of sp³-hybridized carbons (Fsp3) is 0.364. The smallest absolute Gasteiger partial charge is 0.233 e. The molecule has 0 aliphatic rings. The molecule has 3 aromatic rings. The van der Waals surface area contributed by atoms with Gasteiger partial charge in [0, 0.05) is 25.8 Å². The molecule has 45 heavy (non-hydrogen) atoms. The molecule has 11 nitrogen and oxygen atoms in total. The molecule has 0 aliphatic carbocycles. The molecule has 12 heteroatoms. The number of aryl methyl sites for hydroxylation is 1. The second-order valence-electron chi connectivity index (χ2n) is 10.2. The maximum absolute atomic E-state index is 12.5. The van der Waals surface area contributed by atoms with Crippen molar-refractivity contribution in [3.8, 4) is 0 Å². The number of nitrogens with one attached hydrogen (secondary N) is 3. The number of anilines is 1. The molecule has 0 saturated carbocycles. The SMILES string of the molecule is CC(NC=O)c1cccc(CC(=O)N/C(N)=C/C=C(\N)CCCCc2nnc(NC(=O)C(C)c3ccccc3)s2)c1.CCOC. The summed E-state index contributed by atoms with van der Waals surface area (Å²) in [5.74, 6) is -0.447. The Morgan fingerprint density at radius 2 is 1.71 bits per heavy atom. The van der Waals surface area contributed by atoms with Gasteiger partial charge in [0.05, 0.1) is 18.4 Å². The lowest BCUT2D eigenvalue weighted by atomic mass is 10.0. The van der Waals surface area contributed by atoms with Crippen molar-refractivity contribution in [1.29, 1.82) is 0 Å². The number of unbranched alkanes of at least 4 members (excludes halogenated alkanes) is 1. The van der Waals surface area contributed by atoms with Gasteiger partial charge in [-0.05, 0) is 68.9 Å². The van der Waals surface area contributed by atoms with Crippen LogP contribution in [0.15, 0.2) is 78.3 Å². The first-order valence-corrected chi connectivity index (χ1v) is 15.7. The maximum Gasteiger partial charge on any atom is 0.233 e. The van der Waals surface area contributed by atoms with E-state index in [4.69, 9.17) is 11.5 Å². The van der Waals surface area contributed by atoms with Crippen LogP contribution in [-0.2, 0) is 32.0 Å². The van der Waals surface area contributed by atoms with Crippen molar-refractivity contribution in [2.45, 2.75) is 64.8 Å². The third-order valence-electron chi connectivity index (χ3n) is 6.68. The van der Waals surface area contributed by atoms with E-state index in [9.17, 15) is 14.4 Å². The van der Waals surface area contributed by atoms with Crippen molar-refractivity contribution in [2.24, 2.45) is 11.5 Å². The average Bonchev–Trinajstić information content (AvgIpc) is 3.49. The van der Waals surface area contributed by atoms with Crippen LogP contribution in [0.25, 0.3) is 0 Å². The van der Waals surface area contributed by atoms with E-state index in [1.54, 1.807) is 19.3 Å². The standard InChI is InChI=1S/C30H37N7O3S.C3H8O/c1-20(23-10-4-3-5-11-23)29(40)35-30-37-36-28(41-30)14-7-6-13-25(31)15-16-26(32)34-27(39)18-22-9-8-12-24(17-22)21(2)33-19-38;1-3-4-2/h3-5,8-12,15-17,19-21H,6-7,13-14,18,31-32H2,1-2H3,(H,33,38)(H,34,39)(H,35,37,40);3H2,1-2H3/b25-15-,26-16+;. The zero-order valence-corrected chi connectivity index (χ0v) is 27.2. The van der Waals surface area contributed by atoms with Crippen molar-refractivity contribution in [3.05, 3.63) is 100.0 Å². The van der Waals surface area contributed by atoms with Gasteiger partial charge in [-0.3, -0.25) is 14.4 Å². The third kappa shape index (κ3) is 14.2. The number of nitrogens with two attached hydrogens (primary N) is 2. The van der Waals surface area contributed by atoms with E-state index in [1.165, 1.54) is 11.3 Å². The summed E-state index contributed by atoms with van der Waals surface area (Å²) in [5, 5.41) is 17.8. The molecule has 3 rings (SSSR count). The maximum atomic E-state index is 12.5. The molecule has 0 bridgehead atoms. The van der Waals surface area contributed by atoms with Crippen LogP contribution < -0.4 is 27.4 Å². The first-order valence-electron chi connectivity index (χ1n) is 14.8. The van der Waals surface area contributed by atoms with Crippen LogP contribution in [0, 0.1) is 0 Å². The predicted octanol–water partition coefficient (Wildman–Crippen LogP) is 4.45. The summed E-state index contributed by atoms with van der Waals surface area (Å²) in [4.78, 5) is 35.6. The van der Waals surface area contributed by atoms with E-state index in [0.717, 1.165) is 47.6 Å². The Labute approximate surface area is 269 Å². The quantitative estimate of drug-likeness (QED) is 0.0871. The molecule has 0 aliphatic heterocycles. The van der Waals surface area contributed by atoms with Gasteiger partial charge in [0.2, 0.25) is 23.4 Å². The summed E-state index contributed by atoms with van der Waals surface area (Å²) in [7, 11) is 1.68. The van der Waals surface area contributed by atoms with Crippen LogP contribution in [0.4, 0.5) is 5.13 Å². The molecular formula is C33H45N7O4S. The largest absolute Gasteiger partial charge is 0.402 e. The first kappa shape index (κ1) is 36.6. The number of amides is 3. The van der Waals surface area contributed by atoms with Gasteiger partial charge in [0.15, 0.2) is 0 Å². The zero-order valence-electron chi connectivity index (χ0n) is 26.4. The van der Waals surface area contributed by atoms with Gasteiger partial charge >= 0.3 is 0 Å². The lowest BCUT2D eigenvalue weighted by Gasteiger charge is -2.12. The molecule has 242 valence electrons. The molecule has 3 amide bonds. The summed E-state index contributed by atoms with van der Waals surface area (Å²) in [6, 6.07) is 16.9. The number of carbonyl (C=O) groups excluding carboxylic acids is 3. The van der Waals surface area contributed by atoms with Gasteiger partial charge in [-0.25, -0.2) is 0 Å². The van der Waals surface area contributed by atoms with Gasteiger partial charge in [0.1, 0.15) is 10.8 Å². The van der Waals surface area contributed by atoms with Crippen molar-refractivity contribution >= 4 is 34.7 Å². The van der Waals surface area contributed by atoms with Crippen LogP contribution in [0.5, 0.6) is 0 Å². The molecular weight excluding hydrogens is 590 g/mol. The highest BCUT2D eigenvalue weighted by molar-refractivity contribution is 7.15. The van der Waals surface area contributed by atoms with Gasteiger partial charge < -0.3 is 32.2 Å². The van der Waals surface area contributed by atoms with Crippen LogP contribution in [0.1, 0.15) is 73.7 Å². The summed E-state index contributed by atoms with van der Waals surface area (Å²) < 4.78 is 4.54. The number of allylic oxidation sites excluding steroid dienone is 3. The Bertz CT molecular complexity index is 1410. The van der Waals surface area contributed by atoms with Gasteiger partial charge in [-0.15, -0.1) is 10.2 Å². The first-order chi connectivity index (χ1) is 21.7. The van der Waals surface area contributed by atoms with Crippen molar-refractivity contribution in [3.63, 3.8) is 0 Å². The number of benzene rings is 2. The van der Waals surface area contributed by atoms with Gasteiger partial charge in [-0.2, -0.15) is 0 Å². The number of hydrogen-bond donors (Lipinski definition) is 5. The zero-order chi connectivity index (χ0) is 33.0. The second kappa shape index (κ2) is 20.4. The number of ether oxygens (including phenoxy) is 1. The lowest BCUT2D eigenvalue weighted by Crippen LogP contribution is -2.28. The number of nitrogens with zero attached hydrogens (tertiary/aromatic N) is 2. The Morgan fingerprint density at radius 3 is 2.40 bits per heavy atom. The highest BCUT2D eigenvalue weighted by Gasteiger charge is 2.17. The highest BCUT2D eigenvalue weighted by atomic mass is 32.1. The minimum Gasteiger partial charge on any atom is -0.402 e. The molecule has 1 aromatic heterocycles. The van der Waals surface area contributed by atoms with Crippen LogP contribution in [0.2, 0.25) is 0 Å². The summed E-state index contributed by atoms with van der Waals surface area (Å²) in [5.41, 5.74) is 15.4. The molecule has 2 unspecified atom stereocenters. The van der Waals surface area contributed by atoms with Crippen molar-refractivity contribution in [2.75, 3.05) is 19.0 Å². The van der Waals surface area contributed by atoms with Crippen LogP contribution in [-0.4, -0.2) is 42.1 Å². The minimum atomic E-state index is -0.284. The van der Waals surface area contributed by atoms with E-state index in [0.29, 0.717) is 23.7 Å². The minimum absolute atomic E-state index is 0.118. The highest BCUT2D eigenvalue weighted by Crippen LogP contribution is 2.21. The third-order valence-corrected chi connectivity index (χ3v) is 7.58. The van der Waals surface area contributed by atoms with Crippen LogP contribution >= 0.6 is 11.3 Å². The number of aromatic nitrogens is 2. The topological polar surface area (TPSA) is 174 Å². The molecule has 0 fully saturated rings. The molecule has 2 atom stereocenters. The number of methoxy groups -OCH3 is 1. The Kier molecular flexibility index (Phi) is 16.6. The van der Waals surface area contributed by atoms with Crippen LogP contribution in [0.3, 0.4) is 0 Å². The van der Waals surface area contributed by atoms with E-state index in [1.807, 2.05) is 75.4 Å². The number of carbonyl (C=O) groups is 3. The Balaban J connectivity index is 0.00000166. The monoisotopic (exact) mass is 635 g/mol. The van der Waals surface area contributed by atoms with Crippen molar-refractivity contribution in [1.82, 2.24) is 20.8 Å². The summed E-state index contributed by atoms with van der Waals surface area (Å²) in [6.07, 6.45) is 7.16. The van der Waals surface area contributed by atoms with Gasteiger partial charge in [0.25, 0.3) is 0 Å². The van der Waals surface area contributed by atoms with Crippen molar-refractivity contribution < 1.29 is 19.1 Å². The van der Waals surface area contributed by atoms with E-state index < -0.39 is 0 Å². The Hall–Kier alpha value is -4.55. The predicted molar refractivity (Wildman–Crippen MR) is 179 cm³/mol. The molecule has 0 saturated heterocycles. The number of rotatable bonds is 16. The fourth-order valence-corrected chi connectivity index (χ4v) is 4.78. The molecule has 0 spiro atoms. The van der Waals surface area contributed by atoms with Gasteiger partial charge in [-0.1, -0.05) is 65.9 Å². The van der Waals surface area contributed by atoms with E-state index in [-0.39, 0.29) is 36.0 Å². The normalized spacial score (nSPS) is 12.7.